The fourth-order valence-corrected chi connectivity index (χ4v) is 3.45. The van der Waals surface area contributed by atoms with E-state index in [1.54, 1.807) is 0 Å². The first-order valence-electron chi connectivity index (χ1n) is 10.2. The molecule has 0 heterocycles. The standard InChI is InChI=1S/C25H36O2/c1-19(2)18-24(25(4,5)6)22-12-14-23(15-13-22)27-20(3)26-17-16-21-10-8-7-9-11-21/h7-15,19-20,24H,16-18H2,1-6H3. The normalized spacial score (nSPS) is 14.2. The molecule has 0 aliphatic carbocycles. The van der Waals surface area contributed by atoms with Gasteiger partial charge in [0.2, 0.25) is 0 Å². The van der Waals surface area contributed by atoms with Gasteiger partial charge in [-0.1, -0.05) is 77.1 Å². The molecule has 0 amide bonds. The molecule has 0 saturated carbocycles. The maximum absolute atomic E-state index is 5.93. The number of rotatable bonds is 9. The molecule has 2 aromatic rings. The zero-order chi connectivity index (χ0) is 19.9. The van der Waals surface area contributed by atoms with Gasteiger partial charge in [0.1, 0.15) is 5.75 Å². The van der Waals surface area contributed by atoms with Gasteiger partial charge in [-0.2, -0.15) is 0 Å². The van der Waals surface area contributed by atoms with Gasteiger partial charge in [0.15, 0.2) is 6.29 Å². The topological polar surface area (TPSA) is 18.5 Å². The first kappa shape index (κ1) is 21.5. The largest absolute Gasteiger partial charge is 0.465 e. The Hall–Kier alpha value is -1.80. The molecule has 0 fully saturated rings. The lowest BCUT2D eigenvalue weighted by Gasteiger charge is -2.32. The van der Waals surface area contributed by atoms with E-state index in [0.29, 0.717) is 18.4 Å². The summed E-state index contributed by atoms with van der Waals surface area (Å²) in [5.74, 6) is 2.09. The van der Waals surface area contributed by atoms with Crippen LogP contribution in [0.4, 0.5) is 0 Å². The number of hydrogen-bond acceptors (Lipinski definition) is 2. The molecule has 0 aliphatic rings. The Morgan fingerprint density at radius 1 is 0.852 bits per heavy atom. The van der Waals surface area contributed by atoms with Crippen molar-refractivity contribution in [2.24, 2.45) is 11.3 Å². The van der Waals surface area contributed by atoms with Crippen molar-refractivity contribution in [3.8, 4) is 5.75 Å². The Labute approximate surface area is 165 Å². The van der Waals surface area contributed by atoms with E-state index in [4.69, 9.17) is 9.47 Å². The highest BCUT2D eigenvalue weighted by molar-refractivity contribution is 5.30. The van der Waals surface area contributed by atoms with E-state index < -0.39 is 0 Å². The average molecular weight is 369 g/mol. The lowest BCUT2D eigenvalue weighted by atomic mass is 9.72. The SMILES string of the molecule is CC(C)CC(c1ccc(OC(C)OCCc2ccccc2)cc1)C(C)(C)C. The van der Waals surface area contributed by atoms with Crippen molar-refractivity contribution in [1.29, 1.82) is 0 Å². The second-order valence-corrected chi connectivity index (χ2v) is 8.91. The van der Waals surface area contributed by atoms with Crippen LogP contribution in [0.15, 0.2) is 54.6 Å². The van der Waals surface area contributed by atoms with Gasteiger partial charge >= 0.3 is 0 Å². The molecule has 2 heteroatoms. The van der Waals surface area contributed by atoms with Crippen LogP contribution < -0.4 is 4.74 Å². The zero-order valence-electron chi connectivity index (χ0n) is 17.9. The minimum absolute atomic E-state index is 0.250. The van der Waals surface area contributed by atoms with Gasteiger partial charge in [0.05, 0.1) is 6.61 Å². The number of benzene rings is 2. The summed E-state index contributed by atoms with van der Waals surface area (Å²) in [4.78, 5) is 0. The van der Waals surface area contributed by atoms with Gasteiger partial charge in [-0.05, 0) is 60.3 Å². The maximum atomic E-state index is 5.93. The third kappa shape index (κ3) is 7.38. The smallest absolute Gasteiger partial charge is 0.196 e. The summed E-state index contributed by atoms with van der Waals surface area (Å²) in [6.07, 6.45) is 1.84. The lowest BCUT2D eigenvalue weighted by molar-refractivity contribution is -0.0654. The molecule has 2 aromatic carbocycles. The highest BCUT2D eigenvalue weighted by Gasteiger charge is 2.26. The predicted molar refractivity (Wildman–Crippen MR) is 114 cm³/mol. The van der Waals surface area contributed by atoms with E-state index in [1.807, 2.05) is 13.0 Å². The van der Waals surface area contributed by atoms with Gasteiger partial charge in [-0.15, -0.1) is 0 Å². The molecule has 0 N–H and O–H groups in total. The van der Waals surface area contributed by atoms with Crippen molar-refractivity contribution in [3.63, 3.8) is 0 Å². The summed E-state index contributed by atoms with van der Waals surface area (Å²) in [6.45, 7) is 14.2. The summed E-state index contributed by atoms with van der Waals surface area (Å²) < 4.78 is 11.7. The van der Waals surface area contributed by atoms with E-state index in [9.17, 15) is 0 Å². The fourth-order valence-electron chi connectivity index (χ4n) is 3.45. The highest BCUT2D eigenvalue weighted by Crippen LogP contribution is 2.40. The van der Waals surface area contributed by atoms with Gasteiger partial charge in [-0.3, -0.25) is 0 Å². The minimum Gasteiger partial charge on any atom is -0.465 e. The van der Waals surface area contributed by atoms with Gasteiger partial charge in [-0.25, -0.2) is 0 Å². The molecule has 2 rings (SSSR count). The number of hydrogen-bond donors (Lipinski definition) is 0. The molecule has 0 spiro atoms. The Morgan fingerprint density at radius 2 is 1.48 bits per heavy atom. The number of ether oxygens (including phenoxy) is 2. The van der Waals surface area contributed by atoms with Crippen molar-refractivity contribution < 1.29 is 9.47 Å². The van der Waals surface area contributed by atoms with E-state index >= 15 is 0 Å². The molecular weight excluding hydrogens is 332 g/mol. The third-order valence-electron chi connectivity index (χ3n) is 4.92. The average Bonchev–Trinajstić information content (AvgIpc) is 2.60. The van der Waals surface area contributed by atoms with Crippen molar-refractivity contribution in [2.75, 3.05) is 6.61 Å². The van der Waals surface area contributed by atoms with Crippen LogP contribution in [-0.4, -0.2) is 12.9 Å². The molecule has 2 unspecified atom stereocenters. The summed E-state index contributed by atoms with van der Waals surface area (Å²) in [6, 6.07) is 19.0. The van der Waals surface area contributed by atoms with Crippen LogP contribution in [-0.2, 0) is 11.2 Å². The van der Waals surface area contributed by atoms with Crippen LogP contribution in [0.25, 0.3) is 0 Å². The Balaban J connectivity index is 1.88. The van der Waals surface area contributed by atoms with Crippen LogP contribution in [0.2, 0.25) is 0 Å². The molecule has 2 atom stereocenters. The van der Waals surface area contributed by atoms with E-state index in [0.717, 1.165) is 12.2 Å². The second kappa shape index (κ2) is 9.94. The third-order valence-corrected chi connectivity index (χ3v) is 4.92. The predicted octanol–water partition coefficient (Wildman–Crippen LogP) is 6.85. The molecule has 0 radical (unpaired) electrons. The molecule has 2 nitrogen and oxygen atoms in total. The molecule has 0 bridgehead atoms. The highest BCUT2D eigenvalue weighted by atomic mass is 16.7. The Bertz CT molecular complexity index is 653. The second-order valence-electron chi connectivity index (χ2n) is 8.91. The fraction of sp³-hybridized carbons (Fsp3) is 0.520. The van der Waals surface area contributed by atoms with Crippen molar-refractivity contribution in [2.45, 2.75) is 66.6 Å². The van der Waals surface area contributed by atoms with Gasteiger partial charge < -0.3 is 9.47 Å². The summed E-state index contributed by atoms with van der Waals surface area (Å²) in [7, 11) is 0. The van der Waals surface area contributed by atoms with Crippen LogP contribution >= 0.6 is 0 Å². The molecule has 0 aromatic heterocycles. The van der Waals surface area contributed by atoms with Crippen molar-refractivity contribution in [3.05, 3.63) is 65.7 Å². The zero-order valence-corrected chi connectivity index (χ0v) is 17.9. The lowest BCUT2D eigenvalue weighted by Crippen LogP contribution is -2.20. The van der Waals surface area contributed by atoms with E-state index in [-0.39, 0.29) is 11.7 Å². The van der Waals surface area contributed by atoms with Crippen molar-refractivity contribution in [1.82, 2.24) is 0 Å². The van der Waals surface area contributed by atoms with Crippen LogP contribution in [0, 0.1) is 11.3 Å². The summed E-state index contributed by atoms with van der Waals surface area (Å²) in [5, 5.41) is 0. The monoisotopic (exact) mass is 368 g/mol. The summed E-state index contributed by atoms with van der Waals surface area (Å²) >= 11 is 0. The van der Waals surface area contributed by atoms with Crippen molar-refractivity contribution >= 4 is 0 Å². The Kier molecular flexibility index (Phi) is 7.91. The molecular formula is C25H36O2. The Morgan fingerprint density at radius 3 is 2.04 bits per heavy atom. The molecule has 148 valence electrons. The van der Waals surface area contributed by atoms with Gasteiger partial charge in [0, 0.05) is 0 Å². The molecule has 27 heavy (non-hydrogen) atoms. The molecule has 0 saturated heterocycles. The first-order chi connectivity index (χ1) is 12.8. The minimum atomic E-state index is -0.256. The van der Waals surface area contributed by atoms with E-state index in [1.165, 1.54) is 17.5 Å². The van der Waals surface area contributed by atoms with E-state index in [2.05, 4.69) is 83.1 Å². The van der Waals surface area contributed by atoms with Crippen LogP contribution in [0.1, 0.15) is 65.0 Å². The molecule has 0 aliphatic heterocycles. The van der Waals surface area contributed by atoms with Crippen LogP contribution in [0.3, 0.4) is 0 Å². The quantitative estimate of drug-likeness (QED) is 0.451. The maximum Gasteiger partial charge on any atom is 0.196 e. The van der Waals surface area contributed by atoms with Gasteiger partial charge in [0.25, 0.3) is 0 Å². The van der Waals surface area contributed by atoms with Crippen LogP contribution in [0.5, 0.6) is 5.75 Å². The summed E-state index contributed by atoms with van der Waals surface area (Å²) in [5.41, 5.74) is 2.93. The first-order valence-corrected chi connectivity index (χ1v) is 10.2.